The molecule has 2 aromatic rings. The van der Waals surface area contributed by atoms with E-state index in [-0.39, 0.29) is 32.7 Å². The molecule has 2 aromatic carbocycles. The van der Waals surface area contributed by atoms with Crippen LogP contribution in [0.4, 0.5) is 0 Å². The number of aryl methyl sites for hydroxylation is 1. The highest BCUT2D eigenvalue weighted by molar-refractivity contribution is 6.47. The molecule has 164 valence electrons. The second kappa shape index (κ2) is 9.20. The summed E-state index contributed by atoms with van der Waals surface area (Å²) in [6, 6.07) is 8.13. The summed E-state index contributed by atoms with van der Waals surface area (Å²) in [5, 5.41) is 11.4. The van der Waals surface area contributed by atoms with Gasteiger partial charge in [0.15, 0.2) is 11.5 Å². The van der Waals surface area contributed by atoms with Gasteiger partial charge in [-0.1, -0.05) is 60.0 Å². The molecule has 6 nitrogen and oxygen atoms in total. The van der Waals surface area contributed by atoms with E-state index >= 15 is 0 Å². The maximum Gasteiger partial charge on any atom is 0.295 e. The van der Waals surface area contributed by atoms with Crippen molar-refractivity contribution in [2.45, 2.75) is 26.3 Å². The first-order valence-corrected chi connectivity index (χ1v) is 10.5. The standard InChI is InChI=1S/C23H23Cl2NO5/c1-5-9-26-18(13-8-6-7-12(2)10-13)16(20(28)23(26)29)19(27)14-11-15(24)22(31-4)17(25)21(14)30-3/h6-8,10-11,18,27H,5,9H2,1-4H3/b19-16+. The van der Waals surface area contributed by atoms with Crippen LogP contribution < -0.4 is 9.47 Å². The van der Waals surface area contributed by atoms with Crippen LogP contribution >= 0.6 is 23.2 Å². The largest absolute Gasteiger partial charge is 0.507 e. The molecule has 0 saturated carbocycles. The Labute approximate surface area is 191 Å². The molecule has 1 fully saturated rings. The van der Waals surface area contributed by atoms with Gasteiger partial charge in [0.25, 0.3) is 11.7 Å². The second-order valence-corrected chi connectivity index (χ2v) is 7.98. The molecular weight excluding hydrogens is 441 g/mol. The minimum Gasteiger partial charge on any atom is -0.507 e. The monoisotopic (exact) mass is 463 g/mol. The predicted octanol–water partition coefficient (Wildman–Crippen LogP) is 5.15. The lowest BCUT2D eigenvalue weighted by Crippen LogP contribution is -2.30. The molecule has 1 amide bonds. The number of amides is 1. The number of benzene rings is 2. The second-order valence-electron chi connectivity index (χ2n) is 7.19. The van der Waals surface area contributed by atoms with Gasteiger partial charge in [0.2, 0.25) is 0 Å². The lowest BCUT2D eigenvalue weighted by molar-refractivity contribution is -0.139. The topological polar surface area (TPSA) is 76.1 Å². The van der Waals surface area contributed by atoms with Crippen LogP contribution in [0.5, 0.6) is 11.5 Å². The maximum atomic E-state index is 13.0. The zero-order valence-electron chi connectivity index (χ0n) is 17.7. The van der Waals surface area contributed by atoms with Crippen LogP contribution in [0.3, 0.4) is 0 Å². The molecule has 0 bridgehead atoms. The molecule has 1 atom stereocenters. The molecule has 1 aliphatic rings. The summed E-state index contributed by atoms with van der Waals surface area (Å²) >= 11 is 12.6. The SMILES string of the molecule is CCCN1C(=O)C(=O)/C(=C(/O)c2cc(Cl)c(OC)c(Cl)c2OC)C1c1cccc(C)c1. The average Bonchev–Trinajstić information content (AvgIpc) is 2.98. The zero-order valence-corrected chi connectivity index (χ0v) is 19.2. The van der Waals surface area contributed by atoms with E-state index < -0.39 is 23.5 Å². The van der Waals surface area contributed by atoms with Gasteiger partial charge in [-0.2, -0.15) is 0 Å². The number of halogens is 2. The van der Waals surface area contributed by atoms with Crippen molar-refractivity contribution >= 4 is 40.7 Å². The number of rotatable bonds is 6. The minimum absolute atomic E-state index is 0.0420. The Morgan fingerprint density at radius 3 is 2.39 bits per heavy atom. The first-order valence-electron chi connectivity index (χ1n) is 9.72. The number of methoxy groups -OCH3 is 2. The van der Waals surface area contributed by atoms with Crippen LogP contribution in [-0.2, 0) is 9.59 Å². The number of carbonyl (C=O) groups is 2. The number of aliphatic hydroxyl groups is 1. The summed E-state index contributed by atoms with van der Waals surface area (Å²) in [5.41, 5.74) is 1.75. The van der Waals surface area contributed by atoms with Gasteiger partial charge in [-0.15, -0.1) is 0 Å². The summed E-state index contributed by atoms with van der Waals surface area (Å²) < 4.78 is 10.6. The highest BCUT2D eigenvalue weighted by Crippen LogP contribution is 2.47. The fourth-order valence-corrected chi connectivity index (χ4v) is 4.52. The van der Waals surface area contributed by atoms with Crippen LogP contribution in [0.2, 0.25) is 10.0 Å². The molecule has 0 aliphatic carbocycles. The summed E-state index contributed by atoms with van der Waals surface area (Å²) in [4.78, 5) is 27.3. The van der Waals surface area contributed by atoms with Crippen LogP contribution in [-0.4, -0.2) is 42.5 Å². The van der Waals surface area contributed by atoms with E-state index in [1.165, 1.54) is 25.2 Å². The number of Topliss-reactive ketones (excluding diaryl/α,β-unsaturated/α-hetero) is 1. The fraction of sp³-hybridized carbons (Fsp3) is 0.304. The van der Waals surface area contributed by atoms with Crippen molar-refractivity contribution in [3.8, 4) is 11.5 Å². The van der Waals surface area contributed by atoms with Gasteiger partial charge in [-0.3, -0.25) is 9.59 Å². The summed E-state index contributed by atoms with van der Waals surface area (Å²) in [7, 11) is 2.78. The number of hydrogen-bond acceptors (Lipinski definition) is 5. The van der Waals surface area contributed by atoms with Crippen LogP contribution in [0.15, 0.2) is 35.9 Å². The Bertz CT molecular complexity index is 1080. The molecule has 0 spiro atoms. The van der Waals surface area contributed by atoms with Crippen LogP contribution in [0, 0.1) is 6.92 Å². The molecule has 1 unspecified atom stereocenters. The van der Waals surface area contributed by atoms with E-state index in [0.717, 1.165) is 11.1 Å². The summed E-state index contributed by atoms with van der Waals surface area (Å²) in [5.74, 6) is -1.59. The first-order chi connectivity index (χ1) is 14.8. The Hall–Kier alpha value is -2.70. The van der Waals surface area contributed by atoms with Gasteiger partial charge < -0.3 is 19.5 Å². The smallest absolute Gasteiger partial charge is 0.295 e. The Balaban J connectivity index is 2.31. The maximum absolute atomic E-state index is 13.0. The number of hydrogen-bond donors (Lipinski definition) is 1. The molecule has 3 rings (SSSR count). The number of aliphatic hydroxyl groups excluding tert-OH is 1. The van der Waals surface area contributed by atoms with Crippen molar-refractivity contribution in [2.75, 3.05) is 20.8 Å². The van der Waals surface area contributed by atoms with Crippen molar-refractivity contribution in [1.29, 1.82) is 0 Å². The van der Waals surface area contributed by atoms with Gasteiger partial charge in [-0.25, -0.2) is 0 Å². The fourth-order valence-electron chi connectivity index (χ4n) is 3.83. The van der Waals surface area contributed by atoms with E-state index in [0.29, 0.717) is 13.0 Å². The Kier molecular flexibility index (Phi) is 6.82. The minimum atomic E-state index is -0.775. The predicted molar refractivity (Wildman–Crippen MR) is 120 cm³/mol. The van der Waals surface area contributed by atoms with E-state index in [4.69, 9.17) is 32.7 Å². The van der Waals surface area contributed by atoms with Gasteiger partial charge in [0, 0.05) is 6.54 Å². The van der Waals surface area contributed by atoms with E-state index in [1.807, 2.05) is 38.1 Å². The third-order valence-corrected chi connectivity index (χ3v) is 5.78. The van der Waals surface area contributed by atoms with Crippen molar-refractivity contribution in [2.24, 2.45) is 0 Å². The van der Waals surface area contributed by atoms with Crippen LogP contribution in [0.25, 0.3) is 5.76 Å². The van der Waals surface area contributed by atoms with Crippen LogP contribution in [0.1, 0.15) is 36.1 Å². The number of likely N-dealkylation sites (tertiary alicyclic amines) is 1. The lowest BCUT2D eigenvalue weighted by Gasteiger charge is -2.25. The highest BCUT2D eigenvalue weighted by Gasteiger charge is 2.46. The normalized spacial score (nSPS) is 17.9. The van der Waals surface area contributed by atoms with Crippen molar-refractivity contribution in [3.05, 3.63) is 62.6 Å². The molecule has 0 aromatic heterocycles. The lowest BCUT2D eigenvalue weighted by atomic mass is 9.94. The number of ether oxygens (including phenoxy) is 2. The quantitative estimate of drug-likeness (QED) is 0.364. The molecule has 31 heavy (non-hydrogen) atoms. The van der Waals surface area contributed by atoms with Crippen molar-refractivity contribution in [3.63, 3.8) is 0 Å². The van der Waals surface area contributed by atoms with Gasteiger partial charge in [0.05, 0.1) is 36.4 Å². The van der Waals surface area contributed by atoms with Gasteiger partial charge in [-0.05, 0) is 25.0 Å². The Morgan fingerprint density at radius 2 is 1.81 bits per heavy atom. The average molecular weight is 464 g/mol. The molecule has 0 radical (unpaired) electrons. The van der Waals surface area contributed by atoms with Crippen molar-refractivity contribution < 1.29 is 24.2 Å². The molecule has 1 N–H and O–H groups in total. The third-order valence-electron chi connectivity index (χ3n) is 5.16. The van der Waals surface area contributed by atoms with E-state index in [2.05, 4.69) is 0 Å². The Morgan fingerprint density at radius 1 is 1.13 bits per heavy atom. The molecule has 1 saturated heterocycles. The number of ketones is 1. The molecule has 1 heterocycles. The molecular formula is C23H23Cl2NO5. The van der Waals surface area contributed by atoms with Gasteiger partial charge in [0.1, 0.15) is 10.8 Å². The molecule has 1 aliphatic heterocycles. The number of carbonyl (C=O) groups excluding carboxylic acids is 2. The first kappa shape index (κ1) is 23.0. The van der Waals surface area contributed by atoms with E-state index in [1.54, 1.807) is 0 Å². The highest BCUT2D eigenvalue weighted by atomic mass is 35.5. The van der Waals surface area contributed by atoms with E-state index in [9.17, 15) is 14.7 Å². The summed E-state index contributed by atoms with van der Waals surface area (Å²) in [6.07, 6.45) is 0.652. The summed E-state index contributed by atoms with van der Waals surface area (Å²) in [6.45, 7) is 4.20. The third kappa shape index (κ3) is 3.98. The number of nitrogens with zero attached hydrogens (tertiary/aromatic N) is 1. The van der Waals surface area contributed by atoms with Crippen molar-refractivity contribution in [1.82, 2.24) is 4.90 Å². The van der Waals surface area contributed by atoms with Gasteiger partial charge >= 0.3 is 0 Å². The zero-order chi connectivity index (χ0) is 22.9. The molecule has 8 heteroatoms.